The molecule has 2 aromatic carbocycles. The van der Waals surface area contributed by atoms with E-state index in [9.17, 15) is 39.9 Å². The van der Waals surface area contributed by atoms with Crippen molar-refractivity contribution in [1.29, 1.82) is 0 Å². The van der Waals surface area contributed by atoms with E-state index >= 15 is 0 Å². The number of Topliss-reactive ketones (excluding diaryl/α,β-unsaturated/α-hetero) is 2. The average Bonchev–Trinajstić information content (AvgIpc) is 3.48. The molecular weight excluding hydrogens is 552 g/mol. The van der Waals surface area contributed by atoms with Gasteiger partial charge in [-0.3, -0.25) is 19.3 Å². The van der Waals surface area contributed by atoms with Gasteiger partial charge in [-0.25, -0.2) is 0 Å². The number of carbonyl (C=O) groups excluding carboxylic acids is 3. The van der Waals surface area contributed by atoms with Gasteiger partial charge in [-0.05, 0) is 78.2 Å². The second kappa shape index (κ2) is 10.3. The van der Waals surface area contributed by atoms with Crippen LogP contribution in [0.25, 0.3) is 11.1 Å². The Morgan fingerprint density at radius 2 is 1.77 bits per heavy atom. The normalized spacial score (nSPS) is 29.0. The van der Waals surface area contributed by atoms with E-state index in [-0.39, 0.29) is 11.3 Å². The second-order valence-electron chi connectivity index (χ2n) is 12.2. The van der Waals surface area contributed by atoms with Crippen LogP contribution in [0.5, 0.6) is 5.75 Å². The fraction of sp³-hybridized carbons (Fsp3) is 0.424. The van der Waals surface area contributed by atoms with Gasteiger partial charge in [0, 0.05) is 30.4 Å². The molecule has 6 rings (SSSR count). The van der Waals surface area contributed by atoms with Gasteiger partial charge in [0.15, 0.2) is 11.4 Å². The van der Waals surface area contributed by atoms with Gasteiger partial charge in [-0.2, -0.15) is 0 Å². The number of phenols is 1. The van der Waals surface area contributed by atoms with E-state index in [1.165, 1.54) is 6.07 Å². The highest BCUT2D eigenvalue weighted by atomic mass is 16.4. The Hall–Kier alpha value is -3.99. The van der Waals surface area contributed by atoms with E-state index in [0.717, 1.165) is 49.2 Å². The molecule has 1 heterocycles. The van der Waals surface area contributed by atoms with Crippen LogP contribution in [0.2, 0.25) is 0 Å². The van der Waals surface area contributed by atoms with Crippen molar-refractivity contribution in [2.24, 2.45) is 17.6 Å². The molecule has 0 radical (unpaired) electrons. The lowest BCUT2D eigenvalue weighted by Gasteiger charge is -2.50. The Labute approximate surface area is 248 Å². The molecule has 7 N–H and O–H groups in total. The molecule has 4 aliphatic rings. The number of nitrogens with two attached hydrogens (primary N) is 1. The number of likely N-dealkylation sites (tertiary alicyclic amines) is 1. The van der Waals surface area contributed by atoms with Crippen molar-refractivity contribution in [3.05, 3.63) is 75.3 Å². The summed E-state index contributed by atoms with van der Waals surface area (Å²) >= 11 is 0. The highest BCUT2D eigenvalue weighted by molar-refractivity contribution is 6.24. The molecule has 1 fully saturated rings. The molecule has 2 aromatic rings. The van der Waals surface area contributed by atoms with E-state index in [4.69, 9.17) is 5.73 Å². The summed E-state index contributed by atoms with van der Waals surface area (Å²) in [5.74, 6) is -8.77. The monoisotopic (exact) mass is 588 g/mol. The summed E-state index contributed by atoms with van der Waals surface area (Å²) in [4.78, 5) is 41.8. The fourth-order valence-corrected chi connectivity index (χ4v) is 7.79. The molecule has 0 spiro atoms. The number of rotatable bonds is 5. The van der Waals surface area contributed by atoms with Crippen molar-refractivity contribution < 1.29 is 39.9 Å². The van der Waals surface area contributed by atoms with Crippen molar-refractivity contribution >= 4 is 17.5 Å². The Morgan fingerprint density at radius 3 is 2.42 bits per heavy atom. The molecule has 0 bridgehead atoms. The Bertz CT molecular complexity index is 1640. The summed E-state index contributed by atoms with van der Waals surface area (Å²) in [6.45, 7) is 6.64. The van der Waals surface area contributed by atoms with E-state index < -0.39 is 76.0 Å². The molecule has 43 heavy (non-hydrogen) atoms. The molecular formula is C33H36N2O8. The minimum Gasteiger partial charge on any atom is -0.511 e. The predicted molar refractivity (Wildman–Crippen MR) is 156 cm³/mol. The molecule has 5 atom stereocenters. The summed E-state index contributed by atoms with van der Waals surface area (Å²) in [5, 5.41) is 56.1. The lowest BCUT2D eigenvalue weighted by atomic mass is 9.56. The van der Waals surface area contributed by atoms with Gasteiger partial charge in [0.1, 0.15) is 22.8 Å². The van der Waals surface area contributed by atoms with Crippen LogP contribution >= 0.6 is 0 Å². The molecule has 226 valence electrons. The van der Waals surface area contributed by atoms with Gasteiger partial charge >= 0.3 is 0 Å². The number of benzene rings is 2. The number of aromatic hydroxyl groups is 1. The quantitative estimate of drug-likeness (QED) is 0.286. The smallest absolute Gasteiger partial charge is 0.255 e. The molecule has 1 aliphatic heterocycles. The zero-order chi connectivity index (χ0) is 31.0. The van der Waals surface area contributed by atoms with E-state index in [1.807, 2.05) is 6.92 Å². The lowest BCUT2D eigenvalue weighted by Crippen LogP contribution is -2.62. The van der Waals surface area contributed by atoms with Crippen molar-refractivity contribution in [2.75, 3.05) is 13.1 Å². The van der Waals surface area contributed by atoms with Crippen LogP contribution in [-0.2, 0) is 22.6 Å². The number of hydrogen-bond acceptors (Lipinski definition) is 9. The third kappa shape index (κ3) is 4.15. The van der Waals surface area contributed by atoms with Gasteiger partial charge in [0.25, 0.3) is 5.91 Å². The Kier molecular flexibility index (Phi) is 6.99. The number of fused-ring (bicyclic) bond motifs is 3. The number of amides is 1. The molecule has 10 nitrogen and oxygen atoms in total. The third-order valence-electron chi connectivity index (χ3n) is 9.93. The highest BCUT2D eigenvalue weighted by Crippen LogP contribution is 2.56. The number of aryl methyl sites for hydroxylation is 1. The van der Waals surface area contributed by atoms with Crippen LogP contribution < -0.4 is 5.73 Å². The average molecular weight is 589 g/mol. The Balaban J connectivity index is 1.53. The number of ketones is 2. The third-order valence-corrected chi connectivity index (χ3v) is 9.93. The number of hydrogen-bond donors (Lipinski definition) is 6. The Morgan fingerprint density at radius 1 is 1.07 bits per heavy atom. The number of aliphatic hydroxyl groups excluding tert-OH is 3. The first-order chi connectivity index (χ1) is 20.4. The summed E-state index contributed by atoms with van der Waals surface area (Å²) in [6, 6.07) is 9.45. The molecule has 1 amide bonds. The number of allylic oxidation sites excluding steroid dienone is 1. The minimum atomic E-state index is -2.86. The number of nitrogens with zero attached hydrogens (tertiary/aromatic N) is 1. The summed E-state index contributed by atoms with van der Waals surface area (Å²) < 4.78 is 0. The summed E-state index contributed by atoms with van der Waals surface area (Å²) in [7, 11) is 0. The summed E-state index contributed by atoms with van der Waals surface area (Å²) in [5.41, 5.74) is 5.27. The lowest BCUT2D eigenvalue weighted by molar-refractivity contribution is -0.154. The fourth-order valence-electron chi connectivity index (χ4n) is 7.79. The first-order valence-corrected chi connectivity index (χ1v) is 14.8. The van der Waals surface area contributed by atoms with E-state index in [0.29, 0.717) is 17.5 Å². The molecule has 0 unspecified atom stereocenters. The van der Waals surface area contributed by atoms with Gasteiger partial charge in [0.2, 0.25) is 5.78 Å². The number of phenolic OH excluding ortho intramolecular Hbond substituents is 1. The zero-order valence-electron chi connectivity index (χ0n) is 24.1. The predicted octanol–water partition coefficient (Wildman–Crippen LogP) is 2.94. The number of carbonyl (C=O) groups is 3. The molecule has 0 aromatic heterocycles. The van der Waals surface area contributed by atoms with Crippen molar-refractivity contribution in [3.8, 4) is 16.9 Å². The topological polar surface area (TPSA) is 182 Å². The largest absolute Gasteiger partial charge is 0.511 e. The minimum absolute atomic E-state index is 0.0826. The number of aliphatic hydroxyl groups is 4. The number of primary amides is 1. The van der Waals surface area contributed by atoms with E-state index in [1.54, 1.807) is 13.0 Å². The first-order valence-electron chi connectivity index (χ1n) is 14.8. The van der Waals surface area contributed by atoms with Gasteiger partial charge < -0.3 is 31.3 Å². The van der Waals surface area contributed by atoms with E-state index in [2.05, 4.69) is 23.1 Å². The molecule has 0 saturated carbocycles. The van der Waals surface area contributed by atoms with Crippen LogP contribution in [0, 0.1) is 11.8 Å². The molecule has 3 aliphatic carbocycles. The standard InChI is InChI=1S/C33H36N2O8/c1-3-17-7-6-16(14-35-10-4-5-11-35)12-19(17)18-8-9-21(36)25-23(18)15(2)24-27(29(25)39)31(41)33(43)20(28(24)38)13-22(37)26(30(33)40)32(34)42/h6-9,12,15,20,24,28,36-38,41,43H,3-5,10-11,13-14H2,1-2H3,(H2,34,42)/t15-,20+,24+,28+,33+/m0/s1. The second-order valence-corrected chi connectivity index (χ2v) is 12.2. The molecule has 10 heteroatoms. The van der Waals surface area contributed by atoms with Crippen LogP contribution in [0.1, 0.15) is 66.1 Å². The van der Waals surface area contributed by atoms with Crippen LogP contribution in [0.3, 0.4) is 0 Å². The highest BCUT2D eigenvalue weighted by Gasteiger charge is 2.64. The molecule has 1 saturated heterocycles. The van der Waals surface area contributed by atoms with Crippen molar-refractivity contribution in [1.82, 2.24) is 4.90 Å². The maximum absolute atomic E-state index is 14.1. The SMILES string of the molecule is CCc1ccc(CN2CCCC2)cc1-c1ccc(O)c2c1[C@H](C)[C@@H]1C(=C(O)[C@]3(O)C(=O)C(C(N)=O)=C(O)C[C@@H]3[C@H]1O)C2=O. The van der Waals surface area contributed by atoms with Gasteiger partial charge in [-0.1, -0.05) is 32.0 Å². The van der Waals surface area contributed by atoms with Crippen LogP contribution in [0.15, 0.2) is 53.0 Å². The summed E-state index contributed by atoms with van der Waals surface area (Å²) in [6.07, 6.45) is 0.938. The first kappa shape index (κ1) is 29.1. The maximum Gasteiger partial charge on any atom is 0.255 e. The van der Waals surface area contributed by atoms with Gasteiger partial charge in [0.05, 0.1) is 11.7 Å². The maximum atomic E-state index is 14.1. The van der Waals surface area contributed by atoms with Crippen LogP contribution in [0.4, 0.5) is 0 Å². The van der Waals surface area contributed by atoms with Crippen LogP contribution in [-0.4, -0.2) is 72.7 Å². The van der Waals surface area contributed by atoms with Gasteiger partial charge in [-0.15, -0.1) is 0 Å². The van der Waals surface area contributed by atoms with Crippen molar-refractivity contribution in [3.63, 3.8) is 0 Å². The zero-order valence-corrected chi connectivity index (χ0v) is 24.1. The van der Waals surface area contributed by atoms with Crippen molar-refractivity contribution in [2.45, 2.75) is 63.7 Å².